The number of carbonyl (C=O) groups is 2. The van der Waals surface area contributed by atoms with Gasteiger partial charge in [-0.3, -0.25) is 4.79 Å². The highest BCUT2D eigenvalue weighted by atomic mass is 19.4. The van der Waals surface area contributed by atoms with Crippen LogP contribution in [0.1, 0.15) is 10.4 Å². The van der Waals surface area contributed by atoms with E-state index in [4.69, 9.17) is 9.84 Å². The van der Waals surface area contributed by atoms with Crippen LogP contribution in [0.25, 0.3) is 0 Å². The zero-order valence-electron chi connectivity index (χ0n) is 10.6. The third-order valence-corrected chi connectivity index (χ3v) is 2.11. The summed E-state index contributed by atoms with van der Waals surface area (Å²) in [5.41, 5.74) is 0.141. The molecule has 0 heterocycles. The summed E-state index contributed by atoms with van der Waals surface area (Å²) in [6, 6.07) is 4.38. The lowest BCUT2D eigenvalue weighted by Gasteiger charge is -2.09. The van der Waals surface area contributed by atoms with Gasteiger partial charge in [-0.1, -0.05) is 0 Å². The minimum atomic E-state index is -4.79. The number of ether oxygens (including phenoxy) is 2. The molecule has 0 saturated heterocycles. The molecule has 6 nitrogen and oxygen atoms in total. The van der Waals surface area contributed by atoms with Crippen molar-refractivity contribution >= 4 is 11.9 Å². The van der Waals surface area contributed by atoms with Crippen LogP contribution in [0.2, 0.25) is 0 Å². The smallest absolute Gasteiger partial charge is 0.480 e. The predicted octanol–water partition coefficient (Wildman–Crippen LogP) is 1.42. The van der Waals surface area contributed by atoms with Crippen LogP contribution in [0.5, 0.6) is 5.75 Å². The lowest BCUT2D eigenvalue weighted by molar-refractivity contribution is -0.274. The summed E-state index contributed by atoms with van der Waals surface area (Å²) in [7, 11) is 0. The van der Waals surface area contributed by atoms with Crippen LogP contribution in [0.4, 0.5) is 13.2 Å². The molecular formula is C12H12F3NO5. The first-order valence-electron chi connectivity index (χ1n) is 5.71. The molecule has 0 radical (unpaired) electrons. The number of hydrogen-bond donors (Lipinski definition) is 2. The molecule has 0 aromatic heterocycles. The molecule has 21 heavy (non-hydrogen) atoms. The molecule has 116 valence electrons. The van der Waals surface area contributed by atoms with E-state index in [1.54, 1.807) is 0 Å². The zero-order valence-corrected chi connectivity index (χ0v) is 10.6. The van der Waals surface area contributed by atoms with Gasteiger partial charge in [-0.15, -0.1) is 13.2 Å². The van der Waals surface area contributed by atoms with Crippen LogP contribution in [0.3, 0.4) is 0 Å². The summed E-state index contributed by atoms with van der Waals surface area (Å²) in [5, 5.41) is 10.7. The number of hydrogen-bond acceptors (Lipinski definition) is 4. The number of carbonyl (C=O) groups excluding carboxylic acids is 1. The molecule has 2 N–H and O–H groups in total. The summed E-state index contributed by atoms with van der Waals surface area (Å²) in [6.07, 6.45) is -4.79. The minimum absolute atomic E-state index is 0.00725. The van der Waals surface area contributed by atoms with E-state index in [1.807, 2.05) is 0 Å². The molecule has 1 aromatic carbocycles. The van der Waals surface area contributed by atoms with Gasteiger partial charge < -0.3 is 19.9 Å². The van der Waals surface area contributed by atoms with Crippen LogP contribution in [0, 0.1) is 0 Å². The van der Waals surface area contributed by atoms with Crippen LogP contribution in [-0.4, -0.2) is 43.1 Å². The molecule has 0 atom stereocenters. The third-order valence-electron chi connectivity index (χ3n) is 2.11. The topological polar surface area (TPSA) is 84.9 Å². The largest absolute Gasteiger partial charge is 0.573 e. The van der Waals surface area contributed by atoms with Crippen molar-refractivity contribution in [3.63, 3.8) is 0 Å². The van der Waals surface area contributed by atoms with Gasteiger partial charge >= 0.3 is 12.3 Å². The highest BCUT2D eigenvalue weighted by Gasteiger charge is 2.31. The first-order valence-corrected chi connectivity index (χ1v) is 5.71. The van der Waals surface area contributed by atoms with E-state index in [2.05, 4.69) is 10.1 Å². The fraction of sp³-hybridized carbons (Fsp3) is 0.333. The second-order valence-electron chi connectivity index (χ2n) is 3.77. The minimum Gasteiger partial charge on any atom is -0.480 e. The molecule has 1 amide bonds. The van der Waals surface area contributed by atoms with Gasteiger partial charge in [0, 0.05) is 12.1 Å². The van der Waals surface area contributed by atoms with Crippen molar-refractivity contribution < 1.29 is 37.3 Å². The number of rotatable bonds is 7. The summed E-state index contributed by atoms with van der Waals surface area (Å²) in [5.74, 6) is -2.07. The van der Waals surface area contributed by atoms with E-state index in [0.29, 0.717) is 0 Å². The Balaban J connectivity index is 2.39. The number of carboxylic acid groups (broad SMARTS) is 1. The molecule has 1 rings (SSSR count). The number of carboxylic acids is 1. The predicted molar refractivity (Wildman–Crippen MR) is 63.9 cm³/mol. The average molecular weight is 307 g/mol. The Bertz CT molecular complexity index is 487. The molecule has 0 bridgehead atoms. The summed E-state index contributed by atoms with van der Waals surface area (Å²) >= 11 is 0. The molecule has 0 saturated carbocycles. The first kappa shape index (κ1) is 16.8. The number of aliphatic carboxylic acids is 1. The van der Waals surface area contributed by atoms with E-state index < -0.39 is 30.6 Å². The number of alkyl halides is 3. The normalized spacial score (nSPS) is 11.0. The molecule has 0 aliphatic heterocycles. The highest BCUT2D eigenvalue weighted by Crippen LogP contribution is 2.22. The van der Waals surface area contributed by atoms with Crippen molar-refractivity contribution in [2.24, 2.45) is 0 Å². The Morgan fingerprint density at radius 3 is 2.33 bits per heavy atom. The maximum atomic E-state index is 11.9. The fourth-order valence-corrected chi connectivity index (χ4v) is 1.31. The fourth-order valence-electron chi connectivity index (χ4n) is 1.31. The summed E-state index contributed by atoms with van der Waals surface area (Å²) < 4.78 is 44.2. The van der Waals surface area contributed by atoms with Crippen LogP contribution in [0.15, 0.2) is 24.3 Å². The Morgan fingerprint density at radius 1 is 1.19 bits per heavy atom. The molecular weight excluding hydrogens is 295 g/mol. The SMILES string of the molecule is O=C(O)COCCNC(=O)c1ccc(OC(F)(F)F)cc1. The molecule has 1 aromatic rings. The monoisotopic (exact) mass is 307 g/mol. The van der Waals surface area contributed by atoms with Crippen molar-refractivity contribution in [3.8, 4) is 5.75 Å². The average Bonchev–Trinajstić information content (AvgIpc) is 2.36. The standard InChI is InChI=1S/C12H12F3NO5/c13-12(14,15)21-9-3-1-8(2-4-9)11(19)16-5-6-20-7-10(17)18/h1-4H,5-7H2,(H,16,19)(H,17,18). The van der Waals surface area contributed by atoms with Crippen LogP contribution >= 0.6 is 0 Å². The van der Waals surface area contributed by atoms with Gasteiger partial charge in [-0.2, -0.15) is 0 Å². The molecule has 0 aliphatic rings. The van der Waals surface area contributed by atoms with E-state index in [-0.39, 0.29) is 18.7 Å². The number of nitrogens with one attached hydrogen (secondary N) is 1. The Labute approximate surface area is 117 Å². The maximum Gasteiger partial charge on any atom is 0.573 e. The Kier molecular flexibility index (Phi) is 5.97. The van der Waals surface area contributed by atoms with Crippen molar-refractivity contribution in [2.75, 3.05) is 19.8 Å². The highest BCUT2D eigenvalue weighted by molar-refractivity contribution is 5.94. The quantitative estimate of drug-likeness (QED) is 0.744. The lowest BCUT2D eigenvalue weighted by atomic mass is 10.2. The number of benzene rings is 1. The van der Waals surface area contributed by atoms with Crippen molar-refractivity contribution in [1.29, 1.82) is 0 Å². The Hall–Kier alpha value is -2.29. The molecule has 9 heteroatoms. The van der Waals surface area contributed by atoms with Crippen LogP contribution in [-0.2, 0) is 9.53 Å². The van der Waals surface area contributed by atoms with Gasteiger partial charge in [0.15, 0.2) is 0 Å². The number of halogens is 3. The Morgan fingerprint density at radius 2 is 1.81 bits per heavy atom. The third kappa shape index (κ3) is 7.16. The van der Waals surface area contributed by atoms with Crippen LogP contribution < -0.4 is 10.1 Å². The van der Waals surface area contributed by atoms with E-state index in [1.165, 1.54) is 12.1 Å². The summed E-state index contributed by atoms with van der Waals surface area (Å²) in [4.78, 5) is 21.7. The summed E-state index contributed by atoms with van der Waals surface area (Å²) in [6.45, 7) is -0.389. The van der Waals surface area contributed by atoms with E-state index in [0.717, 1.165) is 12.1 Å². The van der Waals surface area contributed by atoms with Crippen molar-refractivity contribution in [1.82, 2.24) is 5.32 Å². The molecule has 0 aliphatic carbocycles. The van der Waals surface area contributed by atoms with E-state index in [9.17, 15) is 22.8 Å². The van der Waals surface area contributed by atoms with Gasteiger partial charge in [-0.25, -0.2) is 4.79 Å². The van der Waals surface area contributed by atoms with Crippen molar-refractivity contribution in [2.45, 2.75) is 6.36 Å². The molecule has 0 unspecified atom stereocenters. The van der Waals surface area contributed by atoms with Gasteiger partial charge in [0.05, 0.1) is 6.61 Å². The van der Waals surface area contributed by atoms with Crippen molar-refractivity contribution in [3.05, 3.63) is 29.8 Å². The maximum absolute atomic E-state index is 11.9. The van der Waals surface area contributed by atoms with E-state index >= 15 is 0 Å². The zero-order chi connectivity index (χ0) is 15.9. The van der Waals surface area contributed by atoms with Gasteiger partial charge in [0.25, 0.3) is 5.91 Å². The van der Waals surface area contributed by atoms with Gasteiger partial charge in [0.1, 0.15) is 12.4 Å². The molecule has 0 spiro atoms. The lowest BCUT2D eigenvalue weighted by Crippen LogP contribution is -2.27. The number of amides is 1. The van der Waals surface area contributed by atoms with Gasteiger partial charge in [-0.05, 0) is 24.3 Å². The van der Waals surface area contributed by atoms with Gasteiger partial charge in [0.2, 0.25) is 0 Å². The molecule has 0 fully saturated rings. The first-order chi connectivity index (χ1) is 9.78. The second-order valence-corrected chi connectivity index (χ2v) is 3.77. The second kappa shape index (κ2) is 7.48.